The second-order valence-electron chi connectivity index (χ2n) is 5.51. The predicted octanol–water partition coefficient (Wildman–Crippen LogP) is 3.17. The van der Waals surface area contributed by atoms with Gasteiger partial charge < -0.3 is 10.2 Å². The van der Waals surface area contributed by atoms with Crippen LogP contribution in [0.25, 0.3) is 0 Å². The maximum absolute atomic E-state index is 13.2. The van der Waals surface area contributed by atoms with E-state index in [0.717, 1.165) is 36.7 Å². The van der Waals surface area contributed by atoms with Crippen molar-refractivity contribution in [3.8, 4) is 0 Å². The standard InChI is InChI=1S/C16H16F2N4O/c17-12-6-13(18)8-14(7-12)21-16(23)22-5-1-2-11(9-22)15-3-4-19-10-20-15/h3-4,6-8,10-11H,1-2,5,9H2,(H,21,23)/t11-/m1/s1. The molecule has 2 heterocycles. The first-order chi connectivity index (χ1) is 11.1. The quantitative estimate of drug-likeness (QED) is 0.925. The minimum absolute atomic E-state index is 0.108. The average Bonchev–Trinajstić information content (AvgIpc) is 2.55. The minimum atomic E-state index is -0.724. The normalized spacial score (nSPS) is 17.8. The molecule has 0 saturated carbocycles. The fraction of sp³-hybridized carbons (Fsp3) is 0.312. The molecule has 5 nitrogen and oxygen atoms in total. The zero-order valence-electron chi connectivity index (χ0n) is 12.4. The summed E-state index contributed by atoms with van der Waals surface area (Å²) in [5.41, 5.74) is 1.01. The molecule has 1 aromatic carbocycles. The van der Waals surface area contributed by atoms with E-state index in [1.54, 1.807) is 11.1 Å². The minimum Gasteiger partial charge on any atom is -0.324 e. The predicted molar refractivity (Wildman–Crippen MR) is 81.0 cm³/mol. The Morgan fingerprint density at radius 1 is 1.26 bits per heavy atom. The molecule has 1 fully saturated rings. The molecule has 0 unspecified atom stereocenters. The number of hydrogen-bond acceptors (Lipinski definition) is 3. The van der Waals surface area contributed by atoms with E-state index in [1.807, 2.05) is 6.07 Å². The van der Waals surface area contributed by atoms with Crippen LogP contribution >= 0.6 is 0 Å². The van der Waals surface area contributed by atoms with Crippen molar-refractivity contribution < 1.29 is 13.6 Å². The van der Waals surface area contributed by atoms with Crippen molar-refractivity contribution in [2.45, 2.75) is 18.8 Å². The number of halogens is 2. The Bertz CT molecular complexity index is 675. The number of hydrogen-bond donors (Lipinski definition) is 1. The first-order valence-electron chi connectivity index (χ1n) is 7.40. The van der Waals surface area contributed by atoms with Crippen LogP contribution in [0.3, 0.4) is 0 Å². The van der Waals surface area contributed by atoms with E-state index in [-0.39, 0.29) is 17.6 Å². The SMILES string of the molecule is O=C(Nc1cc(F)cc(F)c1)N1CCC[C@@H](c2ccncn2)C1. The summed E-state index contributed by atoms with van der Waals surface area (Å²) < 4.78 is 26.4. The van der Waals surface area contributed by atoms with Crippen LogP contribution in [-0.4, -0.2) is 34.0 Å². The Hall–Kier alpha value is -2.57. The number of carbonyl (C=O) groups excluding carboxylic acids is 1. The van der Waals surface area contributed by atoms with Crippen LogP contribution in [0, 0.1) is 11.6 Å². The van der Waals surface area contributed by atoms with Crippen molar-refractivity contribution in [3.05, 3.63) is 54.1 Å². The van der Waals surface area contributed by atoms with Crippen LogP contribution in [0.15, 0.2) is 36.8 Å². The van der Waals surface area contributed by atoms with Gasteiger partial charge in [0, 0.05) is 42.7 Å². The molecule has 2 amide bonds. The zero-order chi connectivity index (χ0) is 16.2. The zero-order valence-corrected chi connectivity index (χ0v) is 12.4. The van der Waals surface area contributed by atoms with Gasteiger partial charge in [0.05, 0.1) is 0 Å². The van der Waals surface area contributed by atoms with Gasteiger partial charge in [0.25, 0.3) is 0 Å². The van der Waals surface area contributed by atoms with Crippen molar-refractivity contribution in [1.82, 2.24) is 14.9 Å². The van der Waals surface area contributed by atoms with E-state index in [4.69, 9.17) is 0 Å². The van der Waals surface area contributed by atoms with E-state index < -0.39 is 11.6 Å². The number of likely N-dealkylation sites (tertiary alicyclic amines) is 1. The van der Waals surface area contributed by atoms with Gasteiger partial charge in [0.1, 0.15) is 18.0 Å². The highest BCUT2D eigenvalue weighted by Gasteiger charge is 2.25. The smallest absolute Gasteiger partial charge is 0.321 e. The first kappa shape index (κ1) is 15.3. The molecule has 23 heavy (non-hydrogen) atoms. The molecule has 1 aliphatic heterocycles. The second-order valence-corrected chi connectivity index (χ2v) is 5.51. The van der Waals surface area contributed by atoms with Crippen LogP contribution in [0.1, 0.15) is 24.5 Å². The van der Waals surface area contributed by atoms with E-state index in [1.165, 1.54) is 6.33 Å². The summed E-state index contributed by atoms with van der Waals surface area (Å²) in [4.78, 5) is 22.1. The number of anilines is 1. The molecule has 0 spiro atoms. The third-order valence-corrected chi connectivity index (χ3v) is 3.85. The monoisotopic (exact) mass is 318 g/mol. The molecule has 0 radical (unpaired) electrons. The number of piperidine rings is 1. The molecule has 3 rings (SSSR count). The van der Waals surface area contributed by atoms with Gasteiger partial charge >= 0.3 is 6.03 Å². The maximum atomic E-state index is 13.2. The summed E-state index contributed by atoms with van der Waals surface area (Å²) in [7, 11) is 0. The van der Waals surface area contributed by atoms with Crippen molar-refractivity contribution in [1.29, 1.82) is 0 Å². The number of rotatable bonds is 2. The molecule has 2 aromatic rings. The molecule has 7 heteroatoms. The highest BCUT2D eigenvalue weighted by atomic mass is 19.1. The summed E-state index contributed by atoms with van der Waals surface area (Å²) in [6.45, 7) is 1.12. The Morgan fingerprint density at radius 3 is 2.74 bits per heavy atom. The highest BCUT2D eigenvalue weighted by molar-refractivity contribution is 5.89. The number of nitrogens with one attached hydrogen (secondary N) is 1. The Kier molecular flexibility index (Phi) is 4.45. The third kappa shape index (κ3) is 3.80. The summed E-state index contributed by atoms with van der Waals surface area (Å²) in [6.07, 6.45) is 4.95. The number of aromatic nitrogens is 2. The molecule has 0 bridgehead atoms. The number of benzene rings is 1. The molecular formula is C16H16F2N4O. The maximum Gasteiger partial charge on any atom is 0.321 e. The molecule has 1 aromatic heterocycles. The van der Waals surface area contributed by atoms with Crippen LogP contribution in [0.4, 0.5) is 19.3 Å². The topological polar surface area (TPSA) is 58.1 Å². The fourth-order valence-corrected chi connectivity index (χ4v) is 2.77. The lowest BCUT2D eigenvalue weighted by Crippen LogP contribution is -2.41. The lowest BCUT2D eigenvalue weighted by Gasteiger charge is -2.32. The van der Waals surface area contributed by atoms with Crippen molar-refractivity contribution in [2.75, 3.05) is 18.4 Å². The number of amides is 2. The molecule has 1 atom stereocenters. The van der Waals surface area contributed by atoms with Crippen molar-refractivity contribution >= 4 is 11.7 Å². The summed E-state index contributed by atoms with van der Waals surface area (Å²) in [5, 5.41) is 2.54. The summed E-state index contributed by atoms with van der Waals surface area (Å²) in [6, 6.07) is 4.42. The van der Waals surface area contributed by atoms with E-state index >= 15 is 0 Å². The Morgan fingerprint density at radius 2 is 2.04 bits per heavy atom. The molecule has 1 aliphatic rings. The summed E-state index contributed by atoms with van der Waals surface area (Å²) in [5.74, 6) is -1.31. The van der Waals surface area contributed by atoms with E-state index in [0.29, 0.717) is 13.1 Å². The largest absolute Gasteiger partial charge is 0.324 e. The second kappa shape index (κ2) is 6.68. The number of urea groups is 1. The van der Waals surface area contributed by atoms with E-state index in [9.17, 15) is 13.6 Å². The number of carbonyl (C=O) groups is 1. The fourth-order valence-electron chi connectivity index (χ4n) is 2.77. The molecule has 0 aliphatic carbocycles. The van der Waals surface area contributed by atoms with E-state index in [2.05, 4.69) is 15.3 Å². The van der Waals surface area contributed by atoms with Gasteiger partial charge in [-0.25, -0.2) is 23.5 Å². The average molecular weight is 318 g/mol. The van der Waals surface area contributed by atoms with Crippen LogP contribution in [0.5, 0.6) is 0 Å². The van der Waals surface area contributed by atoms with Crippen molar-refractivity contribution in [2.24, 2.45) is 0 Å². The molecule has 120 valence electrons. The van der Waals surface area contributed by atoms with Gasteiger partial charge in [-0.15, -0.1) is 0 Å². The van der Waals surface area contributed by atoms with Gasteiger partial charge in [-0.2, -0.15) is 0 Å². The van der Waals surface area contributed by atoms with Crippen LogP contribution in [-0.2, 0) is 0 Å². The molecule has 1 N–H and O–H groups in total. The molecule has 1 saturated heterocycles. The summed E-state index contributed by atoms with van der Waals surface area (Å²) >= 11 is 0. The lowest BCUT2D eigenvalue weighted by atomic mass is 9.95. The lowest BCUT2D eigenvalue weighted by molar-refractivity contribution is 0.192. The highest BCUT2D eigenvalue weighted by Crippen LogP contribution is 2.25. The Balaban J connectivity index is 1.67. The Labute approximate surface area is 132 Å². The van der Waals surface area contributed by atoms with Crippen LogP contribution in [0.2, 0.25) is 0 Å². The van der Waals surface area contributed by atoms with Gasteiger partial charge in [0.15, 0.2) is 0 Å². The van der Waals surface area contributed by atoms with Gasteiger partial charge in [-0.05, 0) is 31.0 Å². The van der Waals surface area contributed by atoms with Gasteiger partial charge in [0.2, 0.25) is 0 Å². The first-order valence-corrected chi connectivity index (χ1v) is 7.40. The van der Waals surface area contributed by atoms with Crippen LogP contribution < -0.4 is 5.32 Å². The molecular weight excluding hydrogens is 302 g/mol. The van der Waals surface area contributed by atoms with Gasteiger partial charge in [-0.1, -0.05) is 0 Å². The van der Waals surface area contributed by atoms with Crippen molar-refractivity contribution in [3.63, 3.8) is 0 Å². The van der Waals surface area contributed by atoms with Gasteiger partial charge in [-0.3, -0.25) is 0 Å². The number of nitrogens with zero attached hydrogens (tertiary/aromatic N) is 3. The third-order valence-electron chi connectivity index (χ3n) is 3.85.